The van der Waals surface area contributed by atoms with E-state index in [4.69, 9.17) is 28.9 Å². The van der Waals surface area contributed by atoms with Crippen LogP contribution in [0.2, 0.25) is 10.3 Å². The van der Waals surface area contributed by atoms with E-state index in [2.05, 4.69) is 27.1 Å². The van der Waals surface area contributed by atoms with Crippen LogP contribution in [0.1, 0.15) is 40.7 Å². The van der Waals surface area contributed by atoms with E-state index in [-0.39, 0.29) is 34.7 Å². The molecule has 0 radical (unpaired) electrons. The fourth-order valence-corrected chi connectivity index (χ4v) is 5.47. The molecule has 0 spiro atoms. The molecule has 9 nitrogen and oxygen atoms in total. The monoisotopic (exact) mass is 552 g/mol. The number of hydrogen-bond donors (Lipinski definition) is 3. The second-order valence-electron chi connectivity index (χ2n) is 8.59. The lowest BCUT2D eigenvalue weighted by molar-refractivity contribution is -0.134. The number of pyridine rings is 1. The van der Waals surface area contributed by atoms with Crippen LogP contribution >= 0.6 is 34.5 Å². The van der Waals surface area contributed by atoms with Gasteiger partial charge in [0.25, 0.3) is 5.91 Å². The van der Waals surface area contributed by atoms with Crippen LogP contribution < -0.4 is 16.4 Å². The third-order valence-corrected chi connectivity index (χ3v) is 7.29. The van der Waals surface area contributed by atoms with E-state index in [0.29, 0.717) is 30.6 Å². The summed E-state index contributed by atoms with van der Waals surface area (Å²) in [6, 6.07) is 2.91. The Labute approximate surface area is 224 Å². The number of carbonyl (C=O) groups is 3. The molecule has 1 fully saturated rings. The molecule has 0 saturated carbocycles. The molecular formula is C24H30Cl2N6O3S. The number of halogens is 2. The molecule has 4 N–H and O–H groups in total. The van der Waals surface area contributed by atoms with Crippen molar-refractivity contribution in [2.45, 2.75) is 38.8 Å². The number of nitrogens with zero attached hydrogens (tertiary/aromatic N) is 3. The average Bonchev–Trinajstić information content (AvgIpc) is 3.34. The number of hydrogen-bond acceptors (Lipinski definition) is 6. The molecule has 12 heteroatoms. The molecule has 36 heavy (non-hydrogen) atoms. The lowest BCUT2D eigenvalue weighted by atomic mass is 10.0. The SMILES string of the molecule is C=C(CCNC(=O)c1c(C)cc(Cl)nc1Cl)N1CCC(N(Cc2ccsc2)C(=O)CNC(N)=O)CC1. The summed E-state index contributed by atoms with van der Waals surface area (Å²) >= 11 is 13.6. The van der Waals surface area contributed by atoms with Crippen molar-refractivity contribution in [3.05, 3.63) is 62.2 Å². The first kappa shape index (κ1) is 27.8. The predicted octanol–water partition coefficient (Wildman–Crippen LogP) is 3.55. The number of rotatable bonds is 10. The predicted molar refractivity (Wildman–Crippen MR) is 142 cm³/mol. The zero-order chi connectivity index (χ0) is 26.2. The molecule has 0 atom stereocenters. The number of piperidine rings is 1. The lowest BCUT2D eigenvalue weighted by Crippen LogP contribution is -2.50. The largest absolute Gasteiger partial charge is 0.375 e. The number of primary amides is 1. The highest BCUT2D eigenvalue weighted by molar-refractivity contribution is 7.07. The minimum absolute atomic E-state index is 0.0401. The summed E-state index contributed by atoms with van der Waals surface area (Å²) < 4.78 is 0. The highest BCUT2D eigenvalue weighted by atomic mass is 35.5. The summed E-state index contributed by atoms with van der Waals surface area (Å²) in [7, 11) is 0. The molecule has 1 aliphatic heterocycles. The Morgan fingerprint density at radius 2 is 2.00 bits per heavy atom. The van der Waals surface area contributed by atoms with Crippen LogP contribution in [0.5, 0.6) is 0 Å². The van der Waals surface area contributed by atoms with Gasteiger partial charge in [-0.25, -0.2) is 9.78 Å². The molecule has 194 valence electrons. The first-order valence-electron chi connectivity index (χ1n) is 11.5. The van der Waals surface area contributed by atoms with E-state index in [9.17, 15) is 14.4 Å². The summed E-state index contributed by atoms with van der Waals surface area (Å²) in [6.45, 7) is 8.18. The van der Waals surface area contributed by atoms with E-state index in [1.54, 1.807) is 24.3 Å². The minimum Gasteiger partial charge on any atom is -0.375 e. The van der Waals surface area contributed by atoms with E-state index in [1.807, 2.05) is 21.7 Å². The van der Waals surface area contributed by atoms with Crippen LogP contribution in [0.4, 0.5) is 4.79 Å². The molecule has 0 unspecified atom stereocenters. The summed E-state index contributed by atoms with van der Waals surface area (Å²) in [5.41, 5.74) is 8.08. The van der Waals surface area contributed by atoms with Gasteiger partial charge in [0, 0.05) is 44.3 Å². The van der Waals surface area contributed by atoms with Crippen molar-refractivity contribution in [3.8, 4) is 0 Å². The van der Waals surface area contributed by atoms with E-state index in [1.165, 1.54) is 0 Å². The van der Waals surface area contributed by atoms with Gasteiger partial charge in [-0.15, -0.1) is 0 Å². The van der Waals surface area contributed by atoms with Crippen molar-refractivity contribution < 1.29 is 14.4 Å². The van der Waals surface area contributed by atoms with Crippen molar-refractivity contribution in [1.82, 2.24) is 25.4 Å². The van der Waals surface area contributed by atoms with Gasteiger partial charge >= 0.3 is 6.03 Å². The number of nitrogens with two attached hydrogens (primary N) is 1. The summed E-state index contributed by atoms with van der Waals surface area (Å²) in [5.74, 6) is -0.467. The second kappa shape index (κ2) is 12.9. The van der Waals surface area contributed by atoms with Crippen molar-refractivity contribution >= 4 is 52.4 Å². The van der Waals surface area contributed by atoms with Crippen LogP contribution in [0.15, 0.2) is 35.2 Å². The molecule has 0 aromatic carbocycles. The van der Waals surface area contributed by atoms with E-state index < -0.39 is 6.03 Å². The number of nitrogens with one attached hydrogen (secondary N) is 2. The average molecular weight is 554 g/mol. The van der Waals surface area contributed by atoms with Crippen LogP contribution in [0, 0.1) is 6.92 Å². The number of likely N-dealkylation sites (tertiary alicyclic amines) is 1. The summed E-state index contributed by atoms with van der Waals surface area (Å²) in [5, 5.41) is 9.57. The number of amides is 4. The topological polar surface area (TPSA) is 121 Å². The van der Waals surface area contributed by atoms with Gasteiger partial charge in [0.1, 0.15) is 10.3 Å². The quantitative estimate of drug-likeness (QED) is 0.389. The van der Waals surface area contributed by atoms with Crippen molar-refractivity contribution in [1.29, 1.82) is 0 Å². The molecule has 1 aliphatic rings. The van der Waals surface area contributed by atoms with E-state index >= 15 is 0 Å². The zero-order valence-corrected chi connectivity index (χ0v) is 22.4. The number of carbonyl (C=O) groups excluding carboxylic acids is 3. The van der Waals surface area contributed by atoms with Gasteiger partial charge < -0.3 is 26.2 Å². The van der Waals surface area contributed by atoms with Crippen LogP contribution in [-0.2, 0) is 11.3 Å². The zero-order valence-electron chi connectivity index (χ0n) is 20.1. The molecule has 0 aliphatic carbocycles. The molecule has 1 saturated heterocycles. The molecular weight excluding hydrogens is 523 g/mol. The van der Waals surface area contributed by atoms with Gasteiger partial charge in [-0.05, 0) is 53.8 Å². The van der Waals surface area contributed by atoms with Crippen molar-refractivity contribution in [2.24, 2.45) is 5.73 Å². The number of thiophene rings is 1. The first-order chi connectivity index (χ1) is 17.2. The van der Waals surface area contributed by atoms with Crippen LogP contribution in [0.3, 0.4) is 0 Å². The second-order valence-corrected chi connectivity index (χ2v) is 10.1. The standard InChI is InChI=1S/C24H30Cl2N6O3S/c1-15-11-19(25)30-22(26)21(15)23(34)28-7-3-16(2)31-8-4-18(5-9-31)32(13-17-6-10-36-14-17)20(33)12-29-24(27)35/h6,10-11,14,18H,2-5,7-9,12-13H2,1H3,(H,28,34)(H3,27,29,35). The number of urea groups is 1. The highest BCUT2D eigenvalue weighted by Crippen LogP contribution is 2.24. The maximum atomic E-state index is 12.8. The molecule has 3 rings (SSSR count). The number of aryl methyl sites for hydroxylation is 1. The molecule has 2 aromatic heterocycles. The number of aromatic nitrogens is 1. The normalized spacial score (nSPS) is 13.8. The fraction of sp³-hybridized carbons (Fsp3) is 0.417. The Balaban J connectivity index is 1.50. The van der Waals surface area contributed by atoms with Crippen molar-refractivity contribution in [3.63, 3.8) is 0 Å². The maximum absolute atomic E-state index is 12.8. The summed E-state index contributed by atoms with van der Waals surface area (Å²) in [4.78, 5) is 44.4. The van der Waals surface area contributed by atoms with Gasteiger partial charge in [0.05, 0.1) is 12.1 Å². The van der Waals surface area contributed by atoms with Gasteiger partial charge in [-0.1, -0.05) is 29.8 Å². The Hall–Kier alpha value is -2.82. The van der Waals surface area contributed by atoms with E-state index in [0.717, 1.165) is 37.2 Å². The minimum atomic E-state index is -0.721. The van der Waals surface area contributed by atoms with Crippen LogP contribution in [0.25, 0.3) is 0 Å². The van der Waals surface area contributed by atoms with Gasteiger partial charge in [-0.3, -0.25) is 9.59 Å². The lowest BCUT2D eigenvalue weighted by Gasteiger charge is -2.40. The smallest absolute Gasteiger partial charge is 0.312 e. The molecule has 3 heterocycles. The van der Waals surface area contributed by atoms with Gasteiger partial charge in [0.15, 0.2) is 0 Å². The van der Waals surface area contributed by atoms with Gasteiger partial charge in [-0.2, -0.15) is 11.3 Å². The van der Waals surface area contributed by atoms with Crippen molar-refractivity contribution in [2.75, 3.05) is 26.2 Å². The molecule has 2 aromatic rings. The third-order valence-electron chi connectivity index (χ3n) is 6.09. The Morgan fingerprint density at radius 3 is 2.61 bits per heavy atom. The Bertz CT molecular complexity index is 1080. The molecule has 0 bridgehead atoms. The fourth-order valence-electron chi connectivity index (χ4n) is 4.19. The van der Waals surface area contributed by atoms with Crippen LogP contribution in [-0.4, -0.2) is 64.9 Å². The maximum Gasteiger partial charge on any atom is 0.312 e. The molecule has 4 amide bonds. The Kier molecular flexibility index (Phi) is 9.98. The highest BCUT2D eigenvalue weighted by Gasteiger charge is 2.28. The summed E-state index contributed by atoms with van der Waals surface area (Å²) in [6.07, 6.45) is 2.11. The first-order valence-corrected chi connectivity index (χ1v) is 13.2. The van der Waals surface area contributed by atoms with Gasteiger partial charge in [0.2, 0.25) is 5.91 Å². The third kappa shape index (κ3) is 7.59. The Morgan fingerprint density at radius 1 is 1.28 bits per heavy atom.